The highest BCUT2D eigenvalue weighted by Crippen LogP contribution is 2.14. The summed E-state index contributed by atoms with van der Waals surface area (Å²) in [5.74, 6) is 0. The van der Waals surface area contributed by atoms with Gasteiger partial charge in [0.2, 0.25) is 0 Å². The second kappa shape index (κ2) is 4.28. The molecular formula is C7H5Cl2NO2. The number of ether oxygens (including phenoxy) is 1. The van der Waals surface area contributed by atoms with E-state index >= 15 is 0 Å². The molecule has 12 heavy (non-hydrogen) atoms. The fourth-order valence-corrected chi connectivity index (χ4v) is 1.23. The van der Waals surface area contributed by atoms with E-state index in [-0.39, 0.29) is 16.9 Å². The summed E-state index contributed by atoms with van der Waals surface area (Å²) in [5.41, 5.74) is 0.715. The molecule has 64 valence electrons. The summed E-state index contributed by atoms with van der Waals surface area (Å²) >= 11 is 11.2. The molecule has 0 amide bonds. The molecule has 1 rings (SSSR count). The molecule has 0 spiro atoms. The maximum Gasteiger partial charge on any atom is 0.293 e. The van der Waals surface area contributed by atoms with Gasteiger partial charge in [0.1, 0.15) is 16.9 Å². The van der Waals surface area contributed by atoms with E-state index in [2.05, 4.69) is 9.72 Å². The van der Waals surface area contributed by atoms with Crippen LogP contribution in [0, 0.1) is 0 Å². The van der Waals surface area contributed by atoms with Gasteiger partial charge in [0, 0.05) is 0 Å². The van der Waals surface area contributed by atoms with Crippen LogP contribution in [0.15, 0.2) is 12.1 Å². The van der Waals surface area contributed by atoms with Crippen LogP contribution < -0.4 is 0 Å². The molecule has 0 atom stereocenters. The maximum absolute atomic E-state index is 9.84. The highest BCUT2D eigenvalue weighted by Gasteiger charge is 1.98. The van der Waals surface area contributed by atoms with Crippen molar-refractivity contribution >= 4 is 29.7 Å². The maximum atomic E-state index is 9.84. The third-order valence-corrected chi connectivity index (χ3v) is 1.53. The van der Waals surface area contributed by atoms with Gasteiger partial charge in [-0.2, -0.15) is 0 Å². The Hall–Kier alpha value is -0.800. The monoisotopic (exact) mass is 205 g/mol. The second-order valence-corrected chi connectivity index (χ2v) is 2.80. The average Bonchev–Trinajstić information content (AvgIpc) is 1.99. The number of halogens is 2. The second-order valence-electron chi connectivity index (χ2n) is 2.03. The van der Waals surface area contributed by atoms with Crippen LogP contribution in [0.5, 0.6) is 0 Å². The molecule has 0 aromatic carbocycles. The lowest BCUT2D eigenvalue weighted by atomic mass is 10.3. The van der Waals surface area contributed by atoms with Crippen molar-refractivity contribution in [1.29, 1.82) is 0 Å². The zero-order chi connectivity index (χ0) is 8.97. The van der Waals surface area contributed by atoms with Crippen LogP contribution >= 0.6 is 23.2 Å². The van der Waals surface area contributed by atoms with Crippen LogP contribution in [0.2, 0.25) is 10.3 Å². The molecule has 0 N–H and O–H groups in total. The van der Waals surface area contributed by atoms with Crippen molar-refractivity contribution in [2.24, 2.45) is 0 Å². The number of nitrogens with zero attached hydrogens (tertiary/aromatic N) is 1. The van der Waals surface area contributed by atoms with Crippen LogP contribution in [0.3, 0.4) is 0 Å². The summed E-state index contributed by atoms with van der Waals surface area (Å²) in [6, 6.07) is 3.16. The Kier molecular flexibility index (Phi) is 3.31. The molecule has 1 aromatic heterocycles. The van der Waals surface area contributed by atoms with E-state index in [1.54, 1.807) is 12.1 Å². The van der Waals surface area contributed by atoms with E-state index in [1.165, 1.54) is 0 Å². The molecule has 0 fully saturated rings. The van der Waals surface area contributed by atoms with Gasteiger partial charge in [-0.1, -0.05) is 23.2 Å². The molecule has 0 aliphatic rings. The number of carbonyl (C=O) groups excluding carboxylic acids is 1. The fraction of sp³-hybridized carbons (Fsp3) is 0.143. The fourth-order valence-electron chi connectivity index (χ4n) is 0.728. The molecule has 0 aliphatic heterocycles. The number of carbonyl (C=O) groups is 1. The highest BCUT2D eigenvalue weighted by molar-refractivity contribution is 6.32. The highest BCUT2D eigenvalue weighted by atomic mass is 35.5. The predicted molar refractivity (Wildman–Crippen MR) is 45.1 cm³/mol. The van der Waals surface area contributed by atoms with Gasteiger partial charge in [-0.05, 0) is 17.7 Å². The van der Waals surface area contributed by atoms with Crippen molar-refractivity contribution in [2.75, 3.05) is 0 Å². The first-order chi connectivity index (χ1) is 5.72. The van der Waals surface area contributed by atoms with E-state index in [0.29, 0.717) is 12.0 Å². The number of hydrogen-bond acceptors (Lipinski definition) is 3. The minimum atomic E-state index is 0.158. The molecule has 0 aliphatic carbocycles. The molecule has 5 heteroatoms. The normalized spacial score (nSPS) is 9.50. The zero-order valence-electron chi connectivity index (χ0n) is 5.96. The van der Waals surface area contributed by atoms with Crippen molar-refractivity contribution in [3.63, 3.8) is 0 Å². The van der Waals surface area contributed by atoms with Crippen molar-refractivity contribution in [1.82, 2.24) is 4.98 Å². The number of aromatic nitrogens is 1. The van der Waals surface area contributed by atoms with Crippen molar-refractivity contribution in [3.05, 3.63) is 28.0 Å². The Morgan fingerprint density at radius 3 is 2.50 bits per heavy atom. The van der Waals surface area contributed by atoms with Gasteiger partial charge < -0.3 is 4.74 Å². The zero-order valence-corrected chi connectivity index (χ0v) is 7.47. The lowest BCUT2D eigenvalue weighted by Crippen LogP contribution is -1.91. The van der Waals surface area contributed by atoms with Gasteiger partial charge in [-0.25, -0.2) is 4.98 Å². The van der Waals surface area contributed by atoms with Crippen LogP contribution in [-0.4, -0.2) is 11.5 Å². The van der Waals surface area contributed by atoms with Crippen LogP contribution in [0.1, 0.15) is 5.56 Å². The van der Waals surface area contributed by atoms with E-state index in [4.69, 9.17) is 23.2 Å². The Bertz CT molecular complexity index is 270. The van der Waals surface area contributed by atoms with Crippen molar-refractivity contribution in [3.8, 4) is 0 Å². The Morgan fingerprint density at radius 1 is 1.42 bits per heavy atom. The molecule has 0 bridgehead atoms. The minimum absolute atomic E-state index is 0.158. The molecule has 1 aromatic rings. The summed E-state index contributed by atoms with van der Waals surface area (Å²) in [6.07, 6.45) is 0. The molecule has 0 saturated heterocycles. The summed E-state index contributed by atoms with van der Waals surface area (Å²) in [4.78, 5) is 13.6. The van der Waals surface area contributed by atoms with Gasteiger partial charge in [-0.3, -0.25) is 4.79 Å². The Labute approximate surface area is 79.3 Å². The van der Waals surface area contributed by atoms with Gasteiger partial charge in [0.05, 0.1) is 0 Å². The summed E-state index contributed by atoms with van der Waals surface area (Å²) in [5, 5.41) is 0.569. The van der Waals surface area contributed by atoms with Crippen LogP contribution in [-0.2, 0) is 16.1 Å². The molecule has 0 radical (unpaired) electrons. The number of pyridine rings is 1. The average molecular weight is 206 g/mol. The number of hydrogen-bond donors (Lipinski definition) is 0. The van der Waals surface area contributed by atoms with Crippen molar-refractivity contribution < 1.29 is 9.53 Å². The molecule has 1 heterocycles. The third-order valence-electron chi connectivity index (χ3n) is 1.14. The standard InChI is InChI=1S/C7H5Cl2NO2/c8-6-1-5(3-12-4-11)2-7(9)10-6/h1-2,4H,3H2. The van der Waals surface area contributed by atoms with E-state index in [9.17, 15) is 4.79 Å². The largest absolute Gasteiger partial charge is 0.463 e. The first-order valence-corrected chi connectivity index (χ1v) is 3.85. The van der Waals surface area contributed by atoms with Gasteiger partial charge >= 0.3 is 0 Å². The van der Waals surface area contributed by atoms with Gasteiger partial charge in [0.15, 0.2) is 0 Å². The van der Waals surface area contributed by atoms with Gasteiger partial charge in [0.25, 0.3) is 6.47 Å². The first-order valence-electron chi connectivity index (χ1n) is 3.09. The first kappa shape index (κ1) is 9.29. The summed E-state index contributed by atoms with van der Waals surface area (Å²) in [6.45, 7) is 0.522. The van der Waals surface area contributed by atoms with Crippen molar-refractivity contribution in [2.45, 2.75) is 6.61 Å². The van der Waals surface area contributed by atoms with E-state index in [1.807, 2.05) is 0 Å². The quantitative estimate of drug-likeness (QED) is 0.561. The minimum Gasteiger partial charge on any atom is -0.463 e. The molecular weight excluding hydrogens is 201 g/mol. The van der Waals surface area contributed by atoms with Gasteiger partial charge in [-0.15, -0.1) is 0 Å². The summed E-state index contributed by atoms with van der Waals surface area (Å²) in [7, 11) is 0. The van der Waals surface area contributed by atoms with E-state index < -0.39 is 0 Å². The molecule has 3 nitrogen and oxygen atoms in total. The number of rotatable bonds is 3. The molecule has 0 unspecified atom stereocenters. The van der Waals surface area contributed by atoms with Crippen LogP contribution in [0.25, 0.3) is 0 Å². The lowest BCUT2D eigenvalue weighted by Gasteiger charge is -1.99. The third kappa shape index (κ3) is 2.68. The lowest BCUT2D eigenvalue weighted by molar-refractivity contribution is -0.129. The van der Waals surface area contributed by atoms with E-state index in [0.717, 1.165) is 0 Å². The smallest absolute Gasteiger partial charge is 0.293 e. The van der Waals surface area contributed by atoms with Crippen LogP contribution in [0.4, 0.5) is 0 Å². The topological polar surface area (TPSA) is 39.2 Å². The Morgan fingerprint density at radius 2 is 2.00 bits per heavy atom. The molecule has 0 saturated carbocycles. The summed E-state index contributed by atoms with van der Waals surface area (Å²) < 4.78 is 4.50. The predicted octanol–water partition coefficient (Wildman–Crippen LogP) is 2.06. The Balaban J connectivity index is 2.78. The SMILES string of the molecule is O=COCc1cc(Cl)nc(Cl)c1.